The summed E-state index contributed by atoms with van der Waals surface area (Å²) < 4.78 is 25.2. The van der Waals surface area contributed by atoms with E-state index in [1.165, 1.54) is 32.4 Å². The lowest BCUT2D eigenvalue weighted by atomic mass is 10.1. The predicted octanol–water partition coefficient (Wildman–Crippen LogP) is 1.29. The molecule has 2 rings (SSSR count). The first-order chi connectivity index (χ1) is 8.93. The fourth-order valence-electron chi connectivity index (χ4n) is 1.68. The molecule has 19 heavy (non-hydrogen) atoms. The summed E-state index contributed by atoms with van der Waals surface area (Å²) in [7, 11) is -0.560. The lowest BCUT2D eigenvalue weighted by Gasteiger charge is -2.12. The van der Waals surface area contributed by atoms with E-state index in [9.17, 15) is 13.2 Å². The quantitative estimate of drug-likeness (QED) is 0.919. The molecule has 0 fully saturated rings. The molecule has 0 bridgehead atoms. The van der Waals surface area contributed by atoms with Crippen molar-refractivity contribution in [3.8, 4) is 11.1 Å². The first-order valence-electron chi connectivity index (χ1n) is 5.63. The first kappa shape index (κ1) is 13.5. The Bertz CT molecular complexity index is 748. The third-order valence-corrected chi connectivity index (χ3v) is 4.55. The summed E-state index contributed by atoms with van der Waals surface area (Å²) in [5.41, 5.74) is 0.769. The number of sulfonamides is 1. The third-order valence-electron chi connectivity index (χ3n) is 2.74. The molecule has 1 N–H and O–H groups in total. The zero-order valence-corrected chi connectivity index (χ0v) is 11.4. The van der Waals surface area contributed by atoms with Crippen LogP contribution in [0.25, 0.3) is 11.1 Å². The molecule has 5 nitrogen and oxygen atoms in total. The van der Waals surface area contributed by atoms with Crippen molar-refractivity contribution < 1.29 is 8.42 Å². The van der Waals surface area contributed by atoms with Gasteiger partial charge in [0.25, 0.3) is 5.56 Å². The van der Waals surface area contributed by atoms with Crippen LogP contribution in [0.15, 0.2) is 52.3 Å². The molecule has 0 atom stereocenters. The van der Waals surface area contributed by atoms with E-state index in [2.05, 4.69) is 4.98 Å². The molecule has 0 saturated heterocycles. The molecule has 1 aromatic carbocycles. The number of hydrogen-bond acceptors (Lipinski definition) is 3. The Morgan fingerprint density at radius 2 is 1.84 bits per heavy atom. The molecule has 0 amide bonds. The van der Waals surface area contributed by atoms with Gasteiger partial charge in [0.05, 0.1) is 4.90 Å². The fourth-order valence-corrected chi connectivity index (χ4v) is 2.63. The summed E-state index contributed by atoms with van der Waals surface area (Å²) in [6.07, 6.45) is 1.53. The van der Waals surface area contributed by atoms with Gasteiger partial charge in [0.15, 0.2) is 0 Å². The van der Waals surface area contributed by atoms with Gasteiger partial charge in [-0.3, -0.25) is 4.79 Å². The van der Waals surface area contributed by atoms with E-state index in [4.69, 9.17) is 0 Å². The second-order valence-corrected chi connectivity index (χ2v) is 6.38. The Morgan fingerprint density at radius 3 is 2.47 bits per heavy atom. The highest BCUT2D eigenvalue weighted by atomic mass is 32.2. The molecule has 100 valence electrons. The number of nitrogens with one attached hydrogen (secondary N) is 1. The maximum atomic E-state index is 12.0. The van der Waals surface area contributed by atoms with Crippen LogP contribution in [0.3, 0.4) is 0 Å². The van der Waals surface area contributed by atoms with Gasteiger partial charge in [-0.25, -0.2) is 12.7 Å². The molecule has 0 aliphatic carbocycles. The maximum Gasteiger partial charge on any atom is 0.255 e. The van der Waals surface area contributed by atoms with Gasteiger partial charge >= 0.3 is 0 Å². The van der Waals surface area contributed by atoms with Crippen LogP contribution < -0.4 is 5.56 Å². The van der Waals surface area contributed by atoms with Gasteiger partial charge < -0.3 is 4.98 Å². The van der Waals surface area contributed by atoms with Crippen LogP contribution in [0.2, 0.25) is 0 Å². The van der Waals surface area contributed by atoms with Crippen molar-refractivity contribution in [3.05, 3.63) is 52.9 Å². The predicted molar refractivity (Wildman–Crippen MR) is 73.4 cm³/mol. The number of aromatic nitrogens is 1. The van der Waals surface area contributed by atoms with E-state index in [0.717, 1.165) is 4.31 Å². The maximum absolute atomic E-state index is 12.0. The highest BCUT2D eigenvalue weighted by molar-refractivity contribution is 7.89. The van der Waals surface area contributed by atoms with E-state index in [-0.39, 0.29) is 10.5 Å². The smallest absolute Gasteiger partial charge is 0.255 e. The number of hydrogen-bond donors (Lipinski definition) is 1. The Morgan fingerprint density at radius 1 is 1.11 bits per heavy atom. The zero-order valence-electron chi connectivity index (χ0n) is 10.6. The Labute approximate surface area is 111 Å². The van der Waals surface area contributed by atoms with Gasteiger partial charge in [-0.1, -0.05) is 12.1 Å². The summed E-state index contributed by atoms with van der Waals surface area (Å²) in [5, 5.41) is 0. The molecule has 0 radical (unpaired) electrons. The molecule has 1 heterocycles. The molecular weight excluding hydrogens is 264 g/mol. The summed E-state index contributed by atoms with van der Waals surface area (Å²) in [5.74, 6) is 0. The molecule has 0 saturated carbocycles. The van der Waals surface area contributed by atoms with Crippen molar-refractivity contribution in [3.63, 3.8) is 0 Å². The number of rotatable bonds is 3. The molecule has 1 aromatic heterocycles. The third kappa shape index (κ3) is 2.59. The van der Waals surface area contributed by atoms with Crippen LogP contribution in [0.5, 0.6) is 0 Å². The topological polar surface area (TPSA) is 70.2 Å². The van der Waals surface area contributed by atoms with Gasteiger partial charge in [-0.05, 0) is 29.8 Å². The fraction of sp³-hybridized carbons (Fsp3) is 0.154. The lowest BCUT2D eigenvalue weighted by Crippen LogP contribution is -2.22. The summed E-state index contributed by atoms with van der Waals surface area (Å²) in [6, 6.07) is 9.69. The van der Waals surface area contributed by atoms with Gasteiger partial charge in [0.1, 0.15) is 0 Å². The van der Waals surface area contributed by atoms with Crippen LogP contribution in [0.4, 0.5) is 0 Å². The molecule has 0 spiro atoms. The molecule has 0 aliphatic heterocycles. The van der Waals surface area contributed by atoms with Gasteiger partial charge in [0.2, 0.25) is 10.0 Å². The number of H-pyrrole nitrogens is 1. The molecule has 0 unspecified atom stereocenters. The van der Waals surface area contributed by atoms with Crippen molar-refractivity contribution in [2.75, 3.05) is 14.1 Å². The number of nitrogens with zero attached hydrogens (tertiary/aromatic N) is 1. The molecule has 6 heteroatoms. The van der Waals surface area contributed by atoms with Crippen LogP contribution in [0.1, 0.15) is 0 Å². The van der Waals surface area contributed by atoms with Crippen LogP contribution >= 0.6 is 0 Å². The Kier molecular flexibility index (Phi) is 3.55. The second kappa shape index (κ2) is 4.99. The van der Waals surface area contributed by atoms with Crippen molar-refractivity contribution >= 4 is 10.0 Å². The monoisotopic (exact) mass is 278 g/mol. The zero-order chi connectivity index (χ0) is 14.0. The molecule has 2 aromatic rings. The van der Waals surface area contributed by atoms with Crippen molar-refractivity contribution in [2.24, 2.45) is 0 Å². The highest BCUT2D eigenvalue weighted by Gasteiger charge is 2.17. The lowest BCUT2D eigenvalue weighted by molar-refractivity contribution is 0.521. The van der Waals surface area contributed by atoms with E-state index < -0.39 is 10.0 Å². The van der Waals surface area contributed by atoms with Gasteiger partial charge in [-0.15, -0.1) is 0 Å². The largest absolute Gasteiger partial charge is 0.329 e. The normalized spacial score (nSPS) is 11.7. The molecular formula is C13H14N2O3S. The van der Waals surface area contributed by atoms with Gasteiger partial charge in [-0.2, -0.15) is 0 Å². The van der Waals surface area contributed by atoms with Gasteiger partial charge in [0, 0.05) is 25.9 Å². The van der Waals surface area contributed by atoms with Crippen molar-refractivity contribution in [2.45, 2.75) is 4.90 Å². The second-order valence-electron chi connectivity index (χ2n) is 4.23. The van der Waals surface area contributed by atoms with Crippen molar-refractivity contribution in [1.29, 1.82) is 0 Å². The first-order valence-corrected chi connectivity index (χ1v) is 7.07. The Balaban J connectivity index is 2.59. The van der Waals surface area contributed by atoms with Crippen LogP contribution in [-0.2, 0) is 10.0 Å². The minimum absolute atomic E-state index is 0.165. The van der Waals surface area contributed by atoms with E-state index in [1.807, 2.05) is 0 Å². The SMILES string of the molecule is CN(C)S(=O)(=O)c1cccc(-c2ccc[nH]c2=O)c1. The number of aromatic amines is 1. The summed E-state index contributed by atoms with van der Waals surface area (Å²) in [4.78, 5) is 14.4. The van der Waals surface area contributed by atoms with E-state index >= 15 is 0 Å². The standard InChI is InChI=1S/C13H14N2O3S/c1-15(2)19(17,18)11-6-3-5-10(9-11)12-7-4-8-14-13(12)16/h3-9H,1-2H3,(H,14,16). The number of benzene rings is 1. The van der Waals surface area contributed by atoms with Crippen LogP contribution in [0, 0.1) is 0 Å². The summed E-state index contributed by atoms with van der Waals surface area (Å²) in [6.45, 7) is 0. The average molecular weight is 278 g/mol. The van der Waals surface area contributed by atoms with Crippen molar-refractivity contribution in [1.82, 2.24) is 9.29 Å². The minimum atomic E-state index is -3.50. The average Bonchev–Trinajstić information content (AvgIpc) is 2.39. The molecule has 0 aliphatic rings. The Hall–Kier alpha value is -1.92. The minimum Gasteiger partial charge on any atom is -0.329 e. The highest BCUT2D eigenvalue weighted by Crippen LogP contribution is 2.20. The number of pyridine rings is 1. The van der Waals surface area contributed by atoms with Crippen LogP contribution in [-0.4, -0.2) is 31.8 Å². The van der Waals surface area contributed by atoms with E-state index in [1.54, 1.807) is 24.3 Å². The van der Waals surface area contributed by atoms with E-state index in [0.29, 0.717) is 11.1 Å². The summed E-state index contributed by atoms with van der Waals surface area (Å²) >= 11 is 0.